The summed E-state index contributed by atoms with van der Waals surface area (Å²) in [7, 11) is 1.82. The molecule has 128 valence electrons. The van der Waals surface area contributed by atoms with Gasteiger partial charge in [0.25, 0.3) is 0 Å². The predicted octanol–water partition coefficient (Wildman–Crippen LogP) is 5.79. The van der Waals surface area contributed by atoms with Gasteiger partial charge < -0.3 is 5.11 Å². The van der Waals surface area contributed by atoms with Crippen LogP contribution < -0.4 is 5.32 Å². The minimum Gasteiger partial charge on any atom is -0.376 e. The number of hydrogen-bond acceptors (Lipinski definition) is 2. The molecular formula is C19H41NO. The molecular weight excluding hydrogens is 258 g/mol. The molecule has 0 aromatic rings. The summed E-state index contributed by atoms with van der Waals surface area (Å²) in [5.41, 5.74) is -0.670. The lowest BCUT2D eigenvalue weighted by Gasteiger charge is -2.22. The fraction of sp³-hybridized carbons (Fsp3) is 1.00. The summed E-state index contributed by atoms with van der Waals surface area (Å²) in [6.45, 7) is 4.14. The van der Waals surface area contributed by atoms with Gasteiger partial charge in [-0.1, -0.05) is 90.4 Å². The highest BCUT2D eigenvalue weighted by Gasteiger charge is 2.15. The third-order valence-electron chi connectivity index (χ3n) is 4.56. The first kappa shape index (κ1) is 20.9. The lowest BCUT2D eigenvalue weighted by Crippen LogP contribution is -2.39. The van der Waals surface area contributed by atoms with E-state index < -0.39 is 5.72 Å². The van der Waals surface area contributed by atoms with Gasteiger partial charge in [-0.3, -0.25) is 5.32 Å². The van der Waals surface area contributed by atoms with Crippen molar-refractivity contribution in [3.05, 3.63) is 0 Å². The normalized spacial score (nSPS) is 14.3. The van der Waals surface area contributed by atoms with Crippen molar-refractivity contribution >= 4 is 0 Å². The highest BCUT2D eigenvalue weighted by atomic mass is 16.3. The summed E-state index contributed by atoms with van der Waals surface area (Å²) in [5, 5.41) is 12.7. The van der Waals surface area contributed by atoms with Crippen LogP contribution in [-0.2, 0) is 0 Å². The van der Waals surface area contributed by atoms with E-state index in [2.05, 4.69) is 12.2 Å². The largest absolute Gasteiger partial charge is 0.376 e. The molecule has 0 bridgehead atoms. The maximum atomic E-state index is 9.80. The van der Waals surface area contributed by atoms with Gasteiger partial charge in [-0.15, -0.1) is 0 Å². The first-order chi connectivity index (χ1) is 10.1. The Hall–Kier alpha value is -0.0800. The van der Waals surface area contributed by atoms with E-state index in [0.717, 1.165) is 12.8 Å². The van der Waals surface area contributed by atoms with Crippen LogP contribution >= 0.6 is 0 Å². The van der Waals surface area contributed by atoms with E-state index in [1.807, 2.05) is 14.0 Å². The molecule has 0 fully saturated rings. The third kappa shape index (κ3) is 16.1. The van der Waals surface area contributed by atoms with Gasteiger partial charge in [0.15, 0.2) is 0 Å². The Kier molecular flexibility index (Phi) is 14.8. The van der Waals surface area contributed by atoms with Crippen molar-refractivity contribution in [2.75, 3.05) is 7.05 Å². The van der Waals surface area contributed by atoms with Crippen LogP contribution in [0.5, 0.6) is 0 Å². The minimum atomic E-state index is -0.670. The Morgan fingerprint density at radius 1 is 0.667 bits per heavy atom. The maximum Gasteiger partial charge on any atom is 0.112 e. The number of aliphatic hydroxyl groups is 1. The average molecular weight is 300 g/mol. The molecule has 0 aromatic heterocycles. The van der Waals surface area contributed by atoms with E-state index in [-0.39, 0.29) is 0 Å². The van der Waals surface area contributed by atoms with Crippen LogP contribution in [0.4, 0.5) is 0 Å². The van der Waals surface area contributed by atoms with Crippen molar-refractivity contribution in [1.29, 1.82) is 0 Å². The minimum absolute atomic E-state index is 0.670. The van der Waals surface area contributed by atoms with Gasteiger partial charge in [0.1, 0.15) is 5.72 Å². The van der Waals surface area contributed by atoms with Gasteiger partial charge in [0, 0.05) is 0 Å². The van der Waals surface area contributed by atoms with E-state index in [1.165, 1.54) is 83.5 Å². The summed E-state index contributed by atoms with van der Waals surface area (Å²) >= 11 is 0. The quantitative estimate of drug-likeness (QED) is 0.279. The molecule has 0 amide bonds. The van der Waals surface area contributed by atoms with Gasteiger partial charge >= 0.3 is 0 Å². The lowest BCUT2D eigenvalue weighted by atomic mass is 10.0. The zero-order valence-electron chi connectivity index (χ0n) is 15.1. The second-order valence-electron chi connectivity index (χ2n) is 6.87. The van der Waals surface area contributed by atoms with Gasteiger partial charge in [0.05, 0.1) is 0 Å². The molecule has 0 aliphatic rings. The Morgan fingerprint density at radius 3 is 1.33 bits per heavy atom. The molecule has 1 atom stereocenters. The van der Waals surface area contributed by atoms with Gasteiger partial charge in [-0.25, -0.2) is 0 Å². The fourth-order valence-corrected chi connectivity index (χ4v) is 2.79. The van der Waals surface area contributed by atoms with E-state index in [4.69, 9.17) is 0 Å². The van der Waals surface area contributed by atoms with Crippen LogP contribution in [0.25, 0.3) is 0 Å². The van der Waals surface area contributed by atoms with Gasteiger partial charge in [0.2, 0.25) is 0 Å². The molecule has 1 unspecified atom stereocenters. The van der Waals surface area contributed by atoms with Crippen LogP contribution in [0, 0.1) is 0 Å². The Labute approximate surface area is 134 Å². The van der Waals surface area contributed by atoms with Crippen molar-refractivity contribution in [3.8, 4) is 0 Å². The molecule has 0 radical (unpaired) electrons. The van der Waals surface area contributed by atoms with Crippen LogP contribution in [0.1, 0.15) is 110 Å². The SMILES string of the molecule is CCCCCCCCCCCCCCCCC(C)(O)NC. The first-order valence-corrected chi connectivity index (χ1v) is 9.53. The first-order valence-electron chi connectivity index (χ1n) is 9.53. The lowest BCUT2D eigenvalue weighted by molar-refractivity contribution is 0.0209. The van der Waals surface area contributed by atoms with E-state index >= 15 is 0 Å². The predicted molar refractivity (Wildman–Crippen MR) is 94.6 cm³/mol. The fourth-order valence-electron chi connectivity index (χ4n) is 2.79. The monoisotopic (exact) mass is 299 g/mol. The number of unbranched alkanes of at least 4 members (excludes halogenated alkanes) is 13. The molecule has 21 heavy (non-hydrogen) atoms. The molecule has 2 heteroatoms. The van der Waals surface area contributed by atoms with E-state index in [1.54, 1.807) is 0 Å². The highest BCUT2D eigenvalue weighted by molar-refractivity contribution is 4.66. The molecule has 0 rings (SSSR count). The van der Waals surface area contributed by atoms with E-state index in [0.29, 0.717) is 0 Å². The highest BCUT2D eigenvalue weighted by Crippen LogP contribution is 2.15. The summed E-state index contributed by atoms with van der Waals surface area (Å²) in [6.07, 6.45) is 20.2. The number of nitrogens with one attached hydrogen (secondary N) is 1. The number of hydrogen-bond donors (Lipinski definition) is 2. The van der Waals surface area contributed by atoms with Crippen LogP contribution in [0.3, 0.4) is 0 Å². The Morgan fingerprint density at radius 2 is 1.00 bits per heavy atom. The zero-order chi connectivity index (χ0) is 15.8. The zero-order valence-corrected chi connectivity index (χ0v) is 15.1. The third-order valence-corrected chi connectivity index (χ3v) is 4.56. The van der Waals surface area contributed by atoms with Crippen molar-refractivity contribution < 1.29 is 5.11 Å². The summed E-state index contributed by atoms with van der Waals surface area (Å²) in [4.78, 5) is 0. The smallest absolute Gasteiger partial charge is 0.112 e. The van der Waals surface area contributed by atoms with Gasteiger partial charge in [-0.2, -0.15) is 0 Å². The molecule has 0 aliphatic heterocycles. The molecule has 2 N–H and O–H groups in total. The second-order valence-corrected chi connectivity index (χ2v) is 6.87. The van der Waals surface area contributed by atoms with Crippen LogP contribution in [0.15, 0.2) is 0 Å². The molecule has 0 aliphatic carbocycles. The summed E-state index contributed by atoms with van der Waals surface area (Å²) < 4.78 is 0. The van der Waals surface area contributed by atoms with E-state index in [9.17, 15) is 5.11 Å². The van der Waals surface area contributed by atoms with Crippen molar-refractivity contribution in [2.24, 2.45) is 0 Å². The average Bonchev–Trinajstić information content (AvgIpc) is 2.47. The standard InChI is InChI=1S/C19H41NO/c1-4-5-6-7-8-9-10-11-12-13-14-15-16-17-18-19(2,21)20-3/h20-21H,4-18H2,1-3H3. The molecule has 0 spiro atoms. The summed E-state index contributed by atoms with van der Waals surface area (Å²) in [6, 6.07) is 0. The van der Waals surface area contributed by atoms with Crippen LogP contribution in [0.2, 0.25) is 0 Å². The maximum absolute atomic E-state index is 9.80. The Bertz CT molecular complexity index is 204. The summed E-state index contributed by atoms with van der Waals surface area (Å²) in [5.74, 6) is 0. The number of rotatable bonds is 16. The topological polar surface area (TPSA) is 32.3 Å². The molecule has 0 saturated carbocycles. The Balaban J connectivity index is 3.06. The van der Waals surface area contributed by atoms with Crippen molar-refractivity contribution in [2.45, 2.75) is 116 Å². The molecule has 0 heterocycles. The van der Waals surface area contributed by atoms with Crippen molar-refractivity contribution in [1.82, 2.24) is 5.32 Å². The molecule has 0 aromatic carbocycles. The van der Waals surface area contributed by atoms with Gasteiger partial charge in [-0.05, 0) is 26.8 Å². The van der Waals surface area contributed by atoms with Crippen molar-refractivity contribution in [3.63, 3.8) is 0 Å². The molecule has 0 saturated heterocycles. The second kappa shape index (κ2) is 14.8. The van der Waals surface area contributed by atoms with Crippen LogP contribution in [-0.4, -0.2) is 17.9 Å². The molecule has 2 nitrogen and oxygen atoms in total.